The van der Waals surface area contributed by atoms with Crippen LogP contribution in [0.2, 0.25) is 25.7 Å². The highest BCUT2D eigenvalue weighted by Gasteiger charge is 2.25. The lowest BCUT2D eigenvalue weighted by molar-refractivity contribution is 0.123. The summed E-state index contributed by atoms with van der Waals surface area (Å²) < 4.78 is 0. The fraction of sp³-hybridized carbons (Fsp3) is 0.800. The van der Waals surface area contributed by atoms with Crippen LogP contribution in [0.1, 0.15) is 12.8 Å². The van der Waals surface area contributed by atoms with Gasteiger partial charge in [0.1, 0.15) is 0 Å². The SMILES string of the molecule is C[Si](C)(C)C[C@@H]1C=CCC[C@@H]1O. The summed E-state index contributed by atoms with van der Waals surface area (Å²) in [6.07, 6.45) is 6.39. The fourth-order valence-electron chi connectivity index (χ4n) is 1.79. The normalized spacial score (nSPS) is 30.7. The van der Waals surface area contributed by atoms with Crippen molar-refractivity contribution in [3.63, 3.8) is 0 Å². The lowest BCUT2D eigenvalue weighted by Gasteiger charge is -2.28. The average Bonchev–Trinajstić information content (AvgIpc) is 1.91. The number of hydrogen-bond donors (Lipinski definition) is 1. The smallest absolute Gasteiger partial charge is 0.0603 e. The molecule has 0 fully saturated rings. The summed E-state index contributed by atoms with van der Waals surface area (Å²) in [6.45, 7) is 7.09. The van der Waals surface area contributed by atoms with E-state index in [1.807, 2.05) is 0 Å². The first-order chi connectivity index (χ1) is 5.49. The highest BCUT2D eigenvalue weighted by Crippen LogP contribution is 2.26. The maximum atomic E-state index is 9.70. The van der Waals surface area contributed by atoms with Crippen LogP contribution in [0.15, 0.2) is 12.2 Å². The molecule has 0 bridgehead atoms. The standard InChI is InChI=1S/C10H20OSi/c1-12(2,3)8-9-6-4-5-7-10(9)11/h4,6,9-11H,5,7-8H2,1-3H3/t9-,10-/m0/s1. The lowest BCUT2D eigenvalue weighted by Crippen LogP contribution is -2.30. The zero-order valence-electron chi connectivity index (χ0n) is 8.38. The van der Waals surface area contributed by atoms with Gasteiger partial charge in [-0.3, -0.25) is 0 Å². The highest BCUT2D eigenvalue weighted by molar-refractivity contribution is 6.76. The van der Waals surface area contributed by atoms with Crippen LogP contribution in [-0.2, 0) is 0 Å². The Morgan fingerprint density at radius 3 is 2.58 bits per heavy atom. The van der Waals surface area contributed by atoms with Crippen LogP contribution in [0.3, 0.4) is 0 Å². The molecular weight excluding hydrogens is 164 g/mol. The molecular formula is C10H20OSi. The van der Waals surface area contributed by atoms with Crippen LogP contribution < -0.4 is 0 Å². The molecule has 0 aliphatic heterocycles. The molecule has 0 heterocycles. The Labute approximate surface area is 76.5 Å². The Kier molecular flexibility index (Phi) is 3.13. The third-order valence-electron chi connectivity index (χ3n) is 2.35. The molecule has 2 heteroatoms. The minimum absolute atomic E-state index is 0.0678. The second kappa shape index (κ2) is 3.75. The number of allylic oxidation sites excluding steroid dienone is 1. The van der Waals surface area contributed by atoms with E-state index in [1.165, 1.54) is 6.04 Å². The molecule has 0 saturated heterocycles. The second-order valence-corrected chi connectivity index (χ2v) is 10.5. The van der Waals surface area contributed by atoms with Gasteiger partial charge in [0.2, 0.25) is 0 Å². The first-order valence-electron chi connectivity index (χ1n) is 4.84. The largest absolute Gasteiger partial charge is 0.393 e. The van der Waals surface area contributed by atoms with Crippen molar-refractivity contribution in [2.24, 2.45) is 5.92 Å². The van der Waals surface area contributed by atoms with Crippen molar-refractivity contribution in [1.29, 1.82) is 0 Å². The molecule has 70 valence electrons. The Morgan fingerprint density at radius 1 is 1.42 bits per heavy atom. The van der Waals surface area contributed by atoms with Crippen molar-refractivity contribution in [2.75, 3.05) is 0 Å². The van der Waals surface area contributed by atoms with E-state index in [0.717, 1.165) is 12.8 Å². The molecule has 0 radical (unpaired) electrons. The molecule has 0 aromatic carbocycles. The van der Waals surface area contributed by atoms with Crippen LogP contribution in [0.4, 0.5) is 0 Å². The molecule has 0 amide bonds. The Bertz CT molecular complexity index is 169. The zero-order valence-corrected chi connectivity index (χ0v) is 9.38. The Morgan fingerprint density at radius 2 is 2.08 bits per heavy atom. The minimum Gasteiger partial charge on any atom is -0.393 e. The van der Waals surface area contributed by atoms with Crippen LogP contribution in [0.25, 0.3) is 0 Å². The van der Waals surface area contributed by atoms with E-state index in [0.29, 0.717) is 5.92 Å². The quantitative estimate of drug-likeness (QED) is 0.517. The van der Waals surface area contributed by atoms with Crippen molar-refractivity contribution >= 4 is 8.07 Å². The zero-order chi connectivity index (χ0) is 9.19. The molecule has 1 N–H and O–H groups in total. The van der Waals surface area contributed by atoms with Gasteiger partial charge in [0.15, 0.2) is 0 Å². The van der Waals surface area contributed by atoms with E-state index in [-0.39, 0.29) is 6.10 Å². The van der Waals surface area contributed by atoms with Gasteiger partial charge < -0.3 is 5.11 Å². The van der Waals surface area contributed by atoms with Crippen LogP contribution >= 0.6 is 0 Å². The topological polar surface area (TPSA) is 20.2 Å². The lowest BCUT2D eigenvalue weighted by atomic mass is 9.94. The Balaban J connectivity index is 2.50. The van der Waals surface area contributed by atoms with Crippen molar-refractivity contribution in [2.45, 2.75) is 44.6 Å². The van der Waals surface area contributed by atoms with Crippen LogP contribution in [-0.4, -0.2) is 19.3 Å². The predicted octanol–water partition coefficient (Wildman–Crippen LogP) is 2.65. The molecule has 0 unspecified atom stereocenters. The van der Waals surface area contributed by atoms with Crippen molar-refractivity contribution < 1.29 is 5.11 Å². The molecule has 0 aromatic heterocycles. The average molecular weight is 184 g/mol. The summed E-state index contributed by atoms with van der Waals surface area (Å²) in [4.78, 5) is 0. The van der Waals surface area contributed by atoms with E-state index in [2.05, 4.69) is 31.8 Å². The number of rotatable bonds is 2. The Hall–Kier alpha value is -0.0831. The number of aliphatic hydroxyl groups is 1. The van der Waals surface area contributed by atoms with Gasteiger partial charge in [-0.15, -0.1) is 0 Å². The molecule has 12 heavy (non-hydrogen) atoms. The van der Waals surface area contributed by atoms with Gasteiger partial charge in [0.05, 0.1) is 6.10 Å². The van der Waals surface area contributed by atoms with Gasteiger partial charge in [-0.25, -0.2) is 0 Å². The maximum absolute atomic E-state index is 9.70. The monoisotopic (exact) mass is 184 g/mol. The molecule has 2 atom stereocenters. The van der Waals surface area contributed by atoms with Gasteiger partial charge in [-0.1, -0.05) is 31.8 Å². The van der Waals surface area contributed by atoms with Gasteiger partial charge in [0, 0.05) is 14.0 Å². The summed E-state index contributed by atoms with van der Waals surface area (Å²) in [5.74, 6) is 0.449. The van der Waals surface area contributed by atoms with E-state index in [4.69, 9.17) is 0 Å². The molecule has 0 aromatic rings. The van der Waals surface area contributed by atoms with Crippen LogP contribution in [0, 0.1) is 5.92 Å². The van der Waals surface area contributed by atoms with Crippen molar-refractivity contribution in [3.8, 4) is 0 Å². The number of aliphatic hydroxyl groups excluding tert-OH is 1. The summed E-state index contributed by atoms with van der Waals surface area (Å²) in [6, 6.07) is 1.23. The van der Waals surface area contributed by atoms with Crippen molar-refractivity contribution in [1.82, 2.24) is 0 Å². The molecule has 0 saturated carbocycles. The van der Waals surface area contributed by atoms with E-state index < -0.39 is 8.07 Å². The summed E-state index contributed by atoms with van der Waals surface area (Å²) in [5, 5.41) is 9.70. The third kappa shape index (κ3) is 3.11. The molecule has 1 aliphatic carbocycles. The summed E-state index contributed by atoms with van der Waals surface area (Å²) >= 11 is 0. The molecule has 0 spiro atoms. The van der Waals surface area contributed by atoms with Gasteiger partial charge in [-0.2, -0.15) is 0 Å². The number of hydrogen-bond acceptors (Lipinski definition) is 1. The third-order valence-corrected chi connectivity index (χ3v) is 4.05. The minimum atomic E-state index is -0.998. The summed E-state index contributed by atoms with van der Waals surface area (Å²) in [5.41, 5.74) is 0. The van der Waals surface area contributed by atoms with Gasteiger partial charge in [0.25, 0.3) is 0 Å². The second-order valence-electron chi connectivity index (χ2n) is 5.00. The van der Waals surface area contributed by atoms with Crippen LogP contribution in [0.5, 0.6) is 0 Å². The molecule has 1 nitrogen and oxygen atoms in total. The maximum Gasteiger partial charge on any atom is 0.0603 e. The molecule has 1 rings (SSSR count). The first kappa shape index (κ1) is 10.0. The molecule has 1 aliphatic rings. The highest BCUT2D eigenvalue weighted by atomic mass is 28.3. The van der Waals surface area contributed by atoms with E-state index >= 15 is 0 Å². The first-order valence-corrected chi connectivity index (χ1v) is 8.54. The fourth-order valence-corrected chi connectivity index (χ4v) is 3.61. The van der Waals surface area contributed by atoms with E-state index in [9.17, 15) is 5.11 Å². The van der Waals surface area contributed by atoms with Gasteiger partial charge >= 0.3 is 0 Å². The predicted molar refractivity (Wildman–Crippen MR) is 56.0 cm³/mol. The van der Waals surface area contributed by atoms with E-state index in [1.54, 1.807) is 0 Å². The van der Waals surface area contributed by atoms with Crippen molar-refractivity contribution in [3.05, 3.63) is 12.2 Å². The summed E-state index contributed by atoms with van der Waals surface area (Å²) in [7, 11) is -0.998. The van der Waals surface area contributed by atoms with Gasteiger partial charge in [-0.05, 0) is 18.9 Å².